The van der Waals surface area contributed by atoms with Gasteiger partial charge in [0.25, 0.3) is 0 Å². The molecule has 0 radical (unpaired) electrons. The lowest BCUT2D eigenvalue weighted by Gasteiger charge is -2.31. The highest BCUT2D eigenvalue weighted by Crippen LogP contribution is 2.24. The van der Waals surface area contributed by atoms with Gasteiger partial charge in [-0.2, -0.15) is 0 Å². The van der Waals surface area contributed by atoms with E-state index in [0.29, 0.717) is 6.04 Å². The summed E-state index contributed by atoms with van der Waals surface area (Å²) in [6.07, 6.45) is 10.8. The van der Waals surface area contributed by atoms with Gasteiger partial charge in [-0.3, -0.25) is 0 Å². The van der Waals surface area contributed by atoms with E-state index in [1.165, 1.54) is 37.8 Å². The van der Waals surface area contributed by atoms with Gasteiger partial charge >= 0.3 is 0 Å². The topological polar surface area (TPSA) is 29.0 Å². The van der Waals surface area contributed by atoms with Crippen molar-refractivity contribution in [2.24, 2.45) is 0 Å². The summed E-state index contributed by atoms with van der Waals surface area (Å²) >= 11 is 0. The van der Waals surface area contributed by atoms with Crippen LogP contribution in [0.25, 0.3) is 0 Å². The molecule has 1 aromatic rings. The summed E-state index contributed by atoms with van der Waals surface area (Å²) in [6, 6.07) is 2.67. The molecule has 0 atom stereocenters. The number of hydrogen-bond acceptors (Lipinski definition) is 3. The molecule has 2 rings (SSSR count). The van der Waals surface area contributed by atoms with E-state index in [1.807, 2.05) is 12.3 Å². The highest BCUT2D eigenvalue weighted by atomic mass is 15.2. The van der Waals surface area contributed by atoms with Gasteiger partial charge in [0, 0.05) is 25.0 Å². The van der Waals surface area contributed by atoms with E-state index in [4.69, 9.17) is 0 Å². The first-order valence-electron chi connectivity index (χ1n) is 6.86. The zero-order chi connectivity index (χ0) is 12.1. The standard InChI is InChI=1S/C14H23N3/c1-3-7-12-10-11-15-14(16-12)17(2)13-8-5-4-6-9-13/h10-11,13H,3-9H2,1-2H3. The molecule has 0 saturated heterocycles. The smallest absolute Gasteiger partial charge is 0.225 e. The average molecular weight is 233 g/mol. The van der Waals surface area contributed by atoms with Crippen LogP contribution in [0.15, 0.2) is 12.3 Å². The van der Waals surface area contributed by atoms with E-state index < -0.39 is 0 Å². The lowest BCUT2D eigenvalue weighted by molar-refractivity contribution is 0.424. The summed E-state index contributed by atoms with van der Waals surface area (Å²) in [5.41, 5.74) is 1.17. The number of hydrogen-bond donors (Lipinski definition) is 0. The fraction of sp³-hybridized carbons (Fsp3) is 0.714. The van der Waals surface area contributed by atoms with E-state index in [1.54, 1.807) is 0 Å². The Balaban J connectivity index is 2.06. The van der Waals surface area contributed by atoms with Crippen molar-refractivity contribution in [1.82, 2.24) is 9.97 Å². The van der Waals surface area contributed by atoms with Gasteiger partial charge in [0.2, 0.25) is 5.95 Å². The molecule has 1 heterocycles. The molecule has 3 nitrogen and oxygen atoms in total. The van der Waals surface area contributed by atoms with Crippen molar-refractivity contribution in [3.05, 3.63) is 18.0 Å². The molecule has 1 fully saturated rings. The van der Waals surface area contributed by atoms with Crippen LogP contribution in [0, 0.1) is 0 Å². The normalized spacial score (nSPS) is 17.1. The molecule has 1 aromatic heterocycles. The SMILES string of the molecule is CCCc1ccnc(N(C)C2CCCCC2)n1. The van der Waals surface area contributed by atoms with Crippen molar-refractivity contribution in [1.29, 1.82) is 0 Å². The Morgan fingerprint density at radius 3 is 2.76 bits per heavy atom. The monoisotopic (exact) mass is 233 g/mol. The van der Waals surface area contributed by atoms with Gasteiger partial charge in [-0.05, 0) is 25.3 Å². The van der Waals surface area contributed by atoms with Crippen molar-refractivity contribution in [2.45, 2.75) is 57.9 Å². The van der Waals surface area contributed by atoms with Crippen LogP contribution in [0.3, 0.4) is 0 Å². The van der Waals surface area contributed by atoms with Gasteiger partial charge < -0.3 is 4.90 Å². The Labute approximate surface area is 104 Å². The first-order valence-corrected chi connectivity index (χ1v) is 6.86. The van der Waals surface area contributed by atoms with Gasteiger partial charge in [-0.15, -0.1) is 0 Å². The molecule has 0 amide bonds. The van der Waals surface area contributed by atoms with Crippen molar-refractivity contribution in [2.75, 3.05) is 11.9 Å². The Kier molecular flexibility index (Phi) is 4.35. The quantitative estimate of drug-likeness (QED) is 0.799. The highest BCUT2D eigenvalue weighted by molar-refractivity contribution is 5.30. The van der Waals surface area contributed by atoms with Gasteiger partial charge in [0.1, 0.15) is 0 Å². The maximum absolute atomic E-state index is 4.65. The fourth-order valence-corrected chi connectivity index (χ4v) is 2.58. The average Bonchev–Trinajstić information content (AvgIpc) is 2.40. The number of aromatic nitrogens is 2. The zero-order valence-corrected chi connectivity index (χ0v) is 11.0. The van der Waals surface area contributed by atoms with Crippen LogP contribution >= 0.6 is 0 Å². The second-order valence-corrected chi connectivity index (χ2v) is 5.00. The molecule has 94 valence electrons. The molecule has 3 heteroatoms. The first kappa shape index (κ1) is 12.3. The summed E-state index contributed by atoms with van der Waals surface area (Å²) in [4.78, 5) is 11.3. The van der Waals surface area contributed by atoms with Gasteiger partial charge in [0.05, 0.1) is 0 Å². The molecule has 0 aromatic carbocycles. The third kappa shape index (κ3) is 3.18. The fourth-order valence-electron chi connectivity index (χ4n) is 2.58. The highest BCUT2D eigenvalue weighted by Gasteiger charge is 2.19. The molecule has 0 bridgehead atoms. The Morgan fingerprint density at radius 1 is 1.29 bits per heavy atom. The molecule has 17 heavy (non-hydrogen) atoms. The largest absolute Gasteiger partial charge is 0.341 e. The predicted octanol–water partition coefficient (Wildman–Crippen LogP) is 3.20. The van der Waals surface area contributed by atoms with Crippen molar-refractivity contribution < 1.29 is 0 Å². The summed E-state index contributed by atoms with van der Waals surface area (Å²) in [6.45, 7) is 2.19. The van der Waals surface area contributed by atoms with Crippen molar-refractivity contribution in [3.63, 3.8) is 0 Å². The summed E-state index contributed by atoms with van der Waals surface area (Å²) in [7, 11) is 2.14. The second kappa shape index (κ2) is 5.99. The maximum Gasteiger partial charge on any atom is 0.225 e. The minimum atomic E-state index is 0.639. The molecule has 0 spiro atoms. The predicted molar refractivity (Wildman–Crippen MR) is 71.3 cm³/mol. The van der Waals surface area contributed by atoms with Crippen LogP contribution < -0.4 is 4.90 Å². The molecule has 1 aliphatic carbocycles. The van der Waals surface area contributed by atoms with E-state index in [0.717, 1.165) is 18.8 Å². The van der Waals surface area contributed by atoms with Crippen LogP contribution in [0.2, 0.25) is 0 Å². The van der Waals surface area contributed by atoms with Crippen molar-refractivity contribution >= 4 is 5.95 Å². The molecule has 0 N–H and O–H groups in total. The third-order valence-electron chi connectivity index (χ3n) is 3.64. The maximum atomic E-state index is 4.65. The molecule has 0 aliphatic heterocycles. The number of aryl methyl sites for hydroxylation is 1. The Bertz CT molecular complexity index is 345. The number of anilines is 1. The van der Waals surface area contributed by atoms with Crippen LogP contribution in [-0.2, 0) is 6.42 Å². The summed E-state index contributed by atoms with van der Waals surface area (Å²) < 4.78 is 0. The van der Waals surface area contributed by atoms with Gasteiger partial charge in [0.15, 0.2) is 0 Å². The van der Waals surface area contributed by atoms with E-state index in [9.17, 15) is 0 Å². The summed E-state index contributed by atoms with van der Waals surface area (Å²) in [5, 5.41) is 0. The lowest BCUT2D eigenvalue weighted by atomic mass is 9.95. The number of nitrogens with zero attached hydrogens (tertiary/aromatic N) is 3. The minimum Gasteiger partial charge on any atom is -0.341 e. The molecular formula is C14H23N3. The number of rotatable bonds is 4. The lowest BCUT2D eigenvalue weighted by Crippen LogP contribution is -2.34. The molecule has 0 unspecified atom stereocenters. The van der Waals surface area contributed by atoms with Crippen molar-refractivity contribution in [3.8, 4) is 0 Å². The van der Waals surface area contributed by atoms with Crippen LogP contribution in [0.1, 0.15) is 51.1 Å². The Morgan fingerprint density at radius 2 is 2.06 bits per heavy atom. The van der Waals surface area contributed by atoms with Gasteiger partial charge in [-0.1, -0.05) is 32.6 Å². The molecule has 1 saturated carbocycles. The van der Waals surface area contributed by atoms with Crippen LogP contribution in [-0.4, -0.2) is 23.1 Å². The van der Waals surface area contributed by atoms with E-state index in [-0.39, 0.29) is 0 Å². The Hall–Kier alpha value is -1.12. The zero-order valence-electron chi connectivity index (χ0n) is 11.0. The van der Waals surface area contributed by atoms with E-state index >= 15 is 0 Å². The van der Waals surface area contributed by atoms with Gasteiger partial charge in [-0.25, -0.2) is 9.97 Å². The molecular weight excluding hydrogens is 210 g/mol. The third-order valence-corrected chi connectivity index (χ3v) is 3.64. The molecule has 1 aliphatic rings. The minimum absolute atomic E-state index is 0.639. The van der Waals surface area contributed by atoms with Crippen LogP contribution in [0.4, 0.5) is 5.95 Å². The van der Waals surface area contributed by atoms with Crippen LogP contribution in [0.5, 0.6) is 0 Å². The summed E-state index contributed by atoms with van der Waals surface area (Å²) in [5.74, 6) is 0.905. The second-order valence-electron chi connectivity index (χ2n) is 5.00. The van der Waals surface area contributed by atoms with E-state index in [2.05, 4.69) is 28.8 Å². The first-order chi connectivity index (χ1) is 8.31.